The van der Waals surface area contributed by atoms with Gasteiger partial charge in [-0.1, -0.05) is 57.9 Å². The zero-order valence-corrected chi connectivity index (χ0v) is 18.7. The number of para-hydroxylation sites is 1. The molecule has 0 radical (unpaired) electrons. The number of anilines is 1. The van der Waals surface area contributed by atoms with Crippen molar-refractivity contribution < 1.29 is 13.9 Å². The van der Waals surface area contributed by atoms with Crippen molar-refractivity contribution >= 4 is 39.1 Å². The van der Waals surface area contributed by atoms with Crippen LogP contribution in [0.4, 0.5) is 5.69 Å². The molecule has 0 unspecified atom stereocenters. The van der Waals surface area contributed by atoms with E-state index >= 15 is 0 Å². The molecule has 31 heavy (non-hydrogen) atoms. The van der Waals surface area contributed by atoms with E-state index in [4.69, 9.17) is 20.8 Å². The molecule has 0 bridgehead atoms. The monoisotopic (exact) mass is 496 g/mol. The van der Waals surface area contributed by atoms with Crippen molar-refractivity contribution in [3.63, 3.8) is 0 Å². The Kier molecular flexibility index (Phi) is 6.70. The molecule has 0 fully saturated rings. The van der Waals surface area contributed by atoms with Gasteiger partial charge < -0.3 is 14.5 Å². The number of aryl methyl sites for hydroxylation is 1. The number of ether oxygens (including phenoxy) is 1. The third-order valence-corrected chi connectivity index (χ3v) is 5.14. The van der Waals surface area contributed by atoms with Crippen molar-refractivity contribution in [2.24, 2.45) is 0 Å². The summed E-state index contributed by atoms with van der Waals surface area (Å²) in [5.41, 5.74) is 1.42. The first kappa shape index (κ1) is 21.2. The van der Waals surface area contributed by atoms with Gasteiger partial charge in [0.25, 0.3) is 0 Å². The Balaban J connectivity index is 1.40. The number of benzene rings is 3. The molecule has 0 saturated carbocycles. The maximum Gasteiger partial charge on any atom is 0.224 e. The molecule has 7 heteroatoms. The Morgan fingerprint density at radius 1 is 1.06 bits per heavy atom. The minimum Gasteiger partial charge on any atom is -0.455 e. The van der Waals surface area contributed by atoms with Crippen LogP contribution in [0.15, 0.2) is 87.9 Å². The van der Waals surface area contributed by atoms with Gasteiger partial charge in [-0.05, 0) is 42.5 Å². The summed E-state index contributed by atoms with van der Waals surface area (Å²) in [5, 5.41) is 3.37. The van der Waals surface area contributed by atoms with Crippen LogP contribution in [0.2, 0.25) is 5.02 Å². The number of hydrogen-bond acceptors (Lipinski definition) is 4. The first-order chi connectivity index (χ1) is 15.1. The van der Waals surface area contributed by atoms with Crippen LogP contribution >= 0.6 is 27.5 Å². The molecule has 5 nitrogen and oxygen atoms in total. The maximum absolute atomic E-state index is 12.5. The lowest BCUT2D eigenvalue weighted by molar-refractivity contribution is -0.116. The highest BCUT2D eigenvalue weighted by Gasteiger charge is 2.13. The van der Waals surface area contributed by atoms with Gasteiger partial charge in [0, 0.05) is 27.9 Å². The molecule has 1 aromatic heterocycles. The first-order valence-corrected chi connectivity index (χ1v) is 10.8. The third-order valence-electron chi connectivity index (χ3n) is 4.42. The number of aromatic nitrogens is 1. The Bertz CT molecular complexity index is 1190. The van der Waals surface area contributed by atoms with E-state index in [1.54, 1.807) is 24.4 Å². The fourth-order valence-corrected chi connectivity index (χ4v) is 3.51. The Labute approximate surface area is 193 Å². The molecule has 1 N–H and O–H groups in total. The number of amides is 1. The van der Waals surface area contributed by atoms with Crippen molar-refractivity contribution in [2.45, 2.75) is 12.8 Å². The highest BCUT2D eigenvalue weighted by atomic mass is 79.9. The van der Waals surface area contributed by atoms with Crippen LogP contribution in [0.25, 0.3) is 11.3 Å². The van der Waals surface area contributed by atoms with E-state index < -0.39 is 0 Å². The fourth-order valence-electron chi connectivity index (χ4n) is 2.94. The predicted octanol–water partition coefficient (Wildman–Crippen LogP) is 7.12. The van der Waals surface area contributed by atoms with Gasteiger partial charge in [0.15, 0.2) is 17.4 Å². The quantitative estimate of drug-likeness (QED) is 0.295. The largest absolute Gasteiger partial charge is 0.455 e. The fraction of sp³-hybridized carbons (Fsp3) is 0.0833. The standard InChI is InChI=1S/C24H18BrClN2O3/c25-17-6-4-5-16(13-17)22-15-27-24(31-22)12-11-23(29)28-20-14-18(26)9-10-21(20)30-19-7-2-1-3-8-19/h1-10,13-15H,11-12H2,(H,28,29). The number of nitrogens with zero attached hydrogens (tertiary/aromatic N) is 1. The van der Waals surface area contributed by atoms with Crippen molar-refractivity contribution in [3.05, 3.63) is 94.4 Å². The van der Waals surface area contributed by atoms with E-state index in [2.05, 4.69) is 26.2 Å². The second-order valence-corrected chi connectivity index (χ2v) is 8.08. The summed E-state index contributed by atoms with van der Waals surface area (Å²) in [7, 11) is 0. The topological polar surface area (TPSA) is 64.4 Å². The summed E-state index contributed by atoms with van der Waals surface area (Å²) < 4.78 is 12.6. The summed E-state index contributed by atoms with van der Waals surface area (Å²) in [6.45, 7) is 0. The van der Waals surface area contributed by atoms with Crippen LogP contribution in [0.1, 0.15) is 12.3 Å². The van der Waals surface area contributed by atoms with Gasteiger partial charge in [0.1, 0.15) is 5.75 Å². The van der Waals surface area contributed by atoms with Crippen molar-refractivity contribution in [2.75, 3.05) is 5.32 Å². The molecule has 0 spiro atoms. The molecule has 156 valence electrons. The molecule has 0 saturated heterocycles. The van der Waals surface area contributed by atoms with E-state index in [-0.39, 0.29) is 12.3 Å². The van der Waals surface area contributed by atoms with Gasteiger partial charge in [-0.2, -0.15) is 0 Å². The molecular weight excluding hydrogens is 480 g/mol. The molecule has 1 heterocycles. The second kappa shape index (κ2) is 9.81. The van der Waals surface area contributed by atoms with Crippen LogP contribution < -0.4 is 10.1 Å². The van der Waals surface area contributed by atoms with E-state index in [9.17, 15) is 4.79 Å². The SMILES string of the molecule is O=C(CCc1ncc(-c2cccc(Br)c2)o1)Nc1cc(Cl)ccc1Oc1ccccc1. The molecule has 0 aliphatic heterocycles. The number of halogens is 2. The van der Waals surface area contributed by atoms with E-state index in [1.807, 2.05) is 54.6 Å². The molecule has 0 atom stereocenters. The summed E-state index contributed by atoms with van der Waals surface area (Å²) in [5.74, 6) is 2.14. The first-order valence-electron chi connectivity index (χ1n) is 9.60. The number of carbonyl (C=O) groups excluding carboxylic acids is 1. The molecule has 4 aromatic rings. The van der Waals surface area contributed by atoms with Crippen LogP contribution in [-0.4, -0.2) is 10.9 Å². The lowest BCUT2D eigenvalue weighted by atomic mass is 10.2. The van der Waals surface area contributed by atoms with Gasteiger partial charge >= 0.3 is 0 Å². The number of oxazole rings is 1. The minimum atomic E-state index is -0.192. The van der Waals surface area contributed by atoms with Gasteiger partial charge in [0.05, 0.1) is 11.9 Å². The highest BCUT2D eigenvalue weighted by molar-refractivity contribution is 9.10. The molecule has 0 aliphatic carbocycles. The average molecular weight is 498 g/mol. The van der Waals surface area contributed by atoms with Gasteiger partial charge in [-0.15, -0.1) is 0 Å². The van der Waals surface area contributed by atoms with E-state index in [0.29, 0.717) is 40.3 Å². The summed E-state index contributed by atoms with van der Waals surface area (Å²) >= 11 is 9.56. The van der Waals surface area contributed by atoms with Crippen molar-refractivity contribution in [1.82, 2.24) is 4.98 Å². The second-order valence-electron chi connectivity index (χ2n) is 6.73. The lowest BCUT2D eigenvalue weighted by Crippen LogP contribution is -2.13. The third kappa shape index (κ3) is 5.75. The smallest absolute Gasteiger partial charge is 0.224 e. The zero-order valence-electron chi connectivity index (χ0n) is 16.3. The maximum atomic E-state index is 12.5. The summed E-state index contributed by atoms with van der Waals surface area (Å²) in [6.07, 6.45) is 2.24. The van der Waals surface area contributed by atoms with Crippen molar-refractivity contribution in [3.8, 4) is 22.8 Å². The Hall–Kier alpha value is -3.09. The summed E-state index contributed by atoms with van der Waals surface area (Å²) in [6, 6.07) is 22.2. The Morgan fingerprint density at radius 3 is 2.71 bits per heavy atom. The molecule has 4 rings (SSSR count). The number of carbonyl (C=O) groups is 1. The van der Waals surface area contributed by atoms with Gasteiger partial charge in [-0.25, -0.2) is 4.98 Å². The van der Waals surface area contributed by atoms with E-state index in [0.717, 1.165) is 10.0 Å². The normalized spacial score (nSPS) is 10.6. The van der Waals surface area contributed by atoms with Crippen LogP contribution in [0, 0.1) is 0 Å². The number of hydrogen-bond donors (Lipinski definition) is 1. The van der Waals surface area contributed by atoms with Gasteiger partial charge in [-0.3, -0.25) is 4.79 Å². The Morgan fingerprint density at radius 2 is 1.90 bits per heavy atom. The average Bonchev–Trinajstić information content (AvgIpc) is 3.24. The van der Waals surface area contributed by atoms with Crippen LogP contribution in [-0.2, 0) is 11.2 Å². The number of rotatable bonds is 7. The molecular formula is C24H18BrClN2O3. The van der Waals surface area contributed by atoms with E-state index in [1.165, 1.54) is 0 Å². The van der Waals surface area contributed by atoms with Gasteiger partial charge in [0.2, 0.25) is 5.91 Å². The predicted molar refractivity (Wildman–Crippen MR) is 125 cm³/mol. The highest BCUT2D eigenvalue weighted by Crippen LogP contribution is 2.32. The van der Waals surface area contributed by atoms with Crippen LogP contribution in [0.3, 0.4) is 0 Å². The zero-order chi connectivity index (χ0) is 21.6. The molecule has 3 aromatic carbocycles. The molecule has 1 amide bonds. The van der Waals surface area contributed by atoms with Crippen molar-refractivity contribution in [1.29, 1.82) is 0 Å². The number of nitrogens with one attached hydrogen (secondary N) is 1. The summed E-state index contributed by atoms with van der Waals surface area (Å²) in [4.78, 5) is 16.8. The van der Waals surface area contributed by atoms with Crippen LogP contribution in [0.5, 0.6) is 11.5 Å². The minimum absolute atomic E-state index is 0.192. The molecule has 0 aliphatic rings. The lowest BCUT2D eigenvalue weighted by Gasteiger charge is -2.12.